The zero-order chi connectivity index (χ0) is 24.8. The minimum absolute atomic E-state index is 0.0712. The van der Waals surface area contributed by atoms with Gasteiger partial charge in [0.25, 0.3) is 0 Å². The Labute approximate surface area is 200 Å². The number of rotatable bonds is 11. The molecular weight excluding hydrogens is 412 g/mol. The quantitative estimate of drug-likeness (QED) is 0.458. The molecule has 2 aromatic carbocycles. The summed E-state index contributed by atoms with van der Waals surface area (Å²) in [6, 6.07) is 13.0. The van der Waals surface area contributed by atoms with Crippen molar-refractivity contribution < 1.29 is 19.7 Å². The van der Waals surface area contributed by atoms with E-state index >= 15 is 0 Å². The van der Waals surface area contributed by atoms with Gasteiger partial charge in [0.1, 0.15) is 24.2 Å². The number of ether oxygens (including phenoxy) is 1. The lowest BCUT2D eigenvalue weighted by atomic mass is 9.69. The van der Waals surface area contributed by atoms with Gasteiger partial charge in [0.05, 0.1) is 6.61 Å². The fourth-order valence-corrected chi connectivity index (χ4v) is 4.48. The predicted molar refractivity (Wildman–Crippen MR) is 135 cm³/mol. The predicted octanol–water partition coefficient (Wildman–Crippen LogP) is 5.69. The molecule has 0 saturated heterocycles. The van der Waals surface area contributed by atoms with Gasteiger partial charge in [0.2, 0.25) is 0 Å². The van der Waals surface area contributed by atoms with E-state index in [1.165, 1.54) is 22.3 Å². The van der Waals surface area contributed by atoms with Gasteiger partial charge < -0.3 is 14.9 Å². The number of aliphatic hydroxyl groups is 2. The number of ketones is 1. The van der Waals surface area contributed by atoms with Crippen LogP contribution in [0.4, 0.5) is 0 Å². The Bertz CT molecular complexity index is 935. The van der Waals surface area contributed by atoms with E-state index in [0.717, 1.165) is 30.6 Å². The molecule has 0 amide bonds. The molecule has 0 radical (unpaired) electrons. The Balaban J connectivity index is 2.32. The van der Waals surface area contributed by atoms with Gasteiger partial charge in [-0.25, -0.2) is 0 Å². The van der Waals surface area contributed by atoms with Crippen molar-refractivity contribution >= 4 is 5.78 Å². The first-order chi connectivity index (χ1) is 15.5. The average Bonchev–Trinajstić information content (AvgIpc) is 2.78. The summed E-state index contributed by atoms with van der Waals surface area (Å²) >= 11 is 0. The maximum atomic E-state index is 12.4. The number of carbonyl (C=O) groups excluding carboxylic acids is 1. The van der Waals surface area contributed by atoms with Gasteiger partial charge >= 0.3 is 0 Å². The lowest BCUT2D eigenvalue weighted by Crippen LogP contribution is -2.27. The van der Waals surface area contributed by atoms with Crippen molar-refractivity contribution in [1.29, 1.82) is 0 Å². The minimum Gasteiger partial charge on any atom is -0.491 e. The number of hydrogen-bond acceptors (Lipinski definition) is 4. The van der Waals surface area contributed by atoms with Crippen LogP contribution in [0.3, 0.4) is 0 Å². The first-order valence-corrected chi connectivity index (χ1v) is 12.1. The molecule has 1 unspecified atom stereocenters. The molecular formula is C29H42O4. The van der Waals surface area contributed by atoms with E-state index in [0.29, 0.717) is 12.2 Å². The highest BCUT2D eigenvalue weighted by atomic mass is 16.5. The first-order valence-electron chi connectivity index (χ1n) is 12.1. The van der Waals surface area contributed by atoms with E-state index in [-0.39, 0.29) is 24.0 Å². The summed E-state index contributed by atoms with van der Waals surface area (Å²) in [5.41, 5.74) is 5.61. The molecule has 2 rings (SSSR count). The largest absolute Gasteiger partial charge is 0.491 e. The summed E-state index contributed by atoms with van der Waals surface area (Å²) in [4.78, 5) is 12.4. The van der Waals surface area contributed by atoms with Gasteiger partial charge in [0, 0.05) is 17.3 Å². The third-order valence-corrected chi connectivity index (χ3v) is 6.93. The molecule has 182 valence electrons. The molecule has 4 nitrogen and oxygen atoms in total. The normalized spacial score (nSPS) is 13.1. The fraction of sp³-hybridized carbons (Fsp3) is 0.552. The maximum Gasteiger partial charge on any atom is 0.138 e. The smallest absolute Gasteiger partial charge is 0.138 e. The van der Waals surface area contributed by atoms with Crippen molar-refractivity contribution in [2.45, 2.75) is 85.7 Å². The Morgan fingerprint density at radius 2 is 1.55 bits per heavy atom. The molecule has 1 atom stereocenters. The molecule has 0 heterocycles. The van der Waals surface area contributed by atoms with E-state index in [2.05, 4.69) is 51.1 Å². The van der Waals surface area contributed by atoms with Crippen molar-refractivity contribution in [3.05, 3.63) is 64.2 Å². The highest BCUT2D eigenvalue weighted by molar-refractivity contribution is 5.83. The van der Waals surface area contributed by atoms with Crippen LogP contribution in [0.25, 0.3) is 0 Å². The summed E-state index contributed by atoms with van der Waals surface area (Å²) in [5, 5.41) is 18.6. The van der Waals surface area contributed by atoms with Gasteiger partial charge in [-0.3, -0.25) is 4.79 Å². The summed E-state index contributed by atoms with van der Waals surface area (Å²) < 4.78 is 5.70. The molecule has 0 fully saturated rings. The van der Waals surface area contributed by atoms with Crippen LogP contribution >= 0.6 is 0 Å². The van der Waals surface area contributed by atoms with E-state index < -0.39 is 6.10 Å². The first kappa shape index (κ1) is 27.1. The highest BCUT2D eigenvalue weighted by Gasteiger charge is 2.31. The number of aliphatic hydroxyl groups excluding tert-OH is 2. The maximum absolute atomic E-state index is 12.4. The van der Waals surface area contributed by atoms with Gasteiger partial charge in [-0.15, -0.1) is 0 Å². The van der Waals surface area contributed by atoms with E-state index in [9.17, 15) is 9.90 Å². The highest BCUT2D eigenvalue weighted by Crippen LogP contribution is 2.41. The Morgan fingerprint density at radius 3 is 2.03 bits per heavy atom. The third-order valence-electron chi connectivity index (χ3n) is 6.93. The van der Waals surface area contributed by atoms with Crippen LogP contribution in [0.1, 0.15) is 81.7 Å². The summed E-state index contributed by atoms with van der Waals surface area (Å²) in [5.74, 6) is 1.02. The van der Waals surface area contributed by atoms with Crippen LogP contribution in [0.2, 0.25) is 0 Å². The lowest BCUT2D eigenvalue weighted by molar-refractivity contribution is -0.126. The number of Topliss-reactive ketones (excluding diaryl/α,β-unsaturated/α-hetero) is 1. The van der Waals surface area contributed by atoms with Crippen molar-refractivity contribution in [2.75, 3.05) is 13.2 Å². The van der Waals surface area contributed by atoms with E-state index in [1.807, 2.05) is 33.8 Å². The number of hydrogen-bond donors (Lipinski definition) is 2. The molecule has 0 aliphatic carbocycles. The third kappa shape index (κ3) is 6.45. The molecule has 0 saturated carbocycles. The average molecular weight is 455 g/mol. The standard InChI is InChI=1S/C29H42O4/c1-8-29(9-2,24-13-14-26(21(4)17-24)33-19-25(31)18-30)23-12-10-22(20(3)16-23)11-15-27(32)28(5,6)7/h10,12-14,16-17,25,30-31H,8-9,11,15,18-19H2,1-7H3. The molecule has 0 aromatic heterocycles. The summed E-state index contributed by atoms with van der Waals surface area (Å²) in [6.07, 6.45) is 2.40. The van der Waals surface area contributed by atoms with Crippen LogP contribution in [-0.4, -0.2) is 35.3 Å². The molecule has 2 N–H and O–H groups in total. The SMILES string of the molecule is CCC(CC)(c1ccc(CCC(=O)C(C)(C)C)c(C)c1)c1ccc(OCC(O)CO)c(C)c1. The van der Waals surface area contributed by atoms with Crippen LogP contribution in [0.15, 0.2) is 36.4 Å². The van der Waals surface area contributed by atoms with Crippen molar-refractivity contribution in [3.8, 4) is 5.75 Å². The Morgan fingerprint density at radius 1 is 0.970 bits per heavy atom. The zero-order valence-electron chi connectivity index (χ0n) is 21.5. The lowest BCUT2D eigenvalue weighted by Gasteiger charge is -2.34. The van der Waals surface area contributed by atoms with Gasteiger partial charge in [-0.2, -0.15) is 0 Å². The van der Waals surface area contributed by atoms with Gasteiger partial charge in [-0.1, -0.05) is 65.0 Å². The van der Waals surface area contributed by atoms with Crippen LogP contribution in [-0.2, 0) is 16.6 Å². The van der Waals surface area contributed by atoms with E-state index in [4.69, 9.17) is 9.84 Å². The Hall–Kier alpha value is -2.17. The Kier molecular flexibility index (Phi) is 9.28. The second kappa shape index (κ2) is 11.3. The molecule has 0 aliphatic heterocycles. The second-order valence-electron chi connectivity index (χ2n) is 10.2. The number of benzene rings is 2. The molecule has 0 bridgehead atoms. The molecule has 2 aromatic rings. The monoisotopic (exact) mass is 454 g/mol. The van der Waals surface area contributed by atoms with Crippen LogP contribution in [0.5, 0.6) is 5.75 Å². The fourth-order valence-electron chi connectivity index (χ4n) is 4.48. The van der Waals surface area contributed by atoms with Crippen LogP contribution in [0, 0.1) is 19.3 Å². The number of carbonyl (C=O) groups is 1. The molecule has 4 heteroatoms. The number of aryl methyl sites for hydroxylation is 3. The minimum atomic E-state index is -0.880. The van der Waals surface area contributed by atoms with Crippen molar-refractivity contribution in [2.24, 2.45) is 5.41 Å². The molecule has 0 spiro atoms. The van der Waals surface area contributed by atoms with Crippen molar-refractivity contribution in [3.63, 3.8) is 0 Å². The van der Waals surface area contributed by atoms with Gasteiger partial charge in [0.15, 0.2) is 0 Å². The topological polar surface area (TPSA) is 66.8 Å². The molecule has 0 aliphatic rings. The van der Waals surface area contributed by atoms with Crippen molar-refractivity contribution in [1.82, 2.24) is 0 Å². The van der Waals surface area contributed by atoms with Crippen LogP contribution < -0.4 is 4.74 Å². The van der Waals surface area contributed by atoms with Gasteiger partial charge in [-0.05, 0) is 67.0 Å². The second-order valence-corrected chi connectivity index (χ2v) is 10.2. The molecule has 33 heavy (non-hydrogen) atoms. The summed E-state index contributed by atoms with van der Waals surface area (Å²) in [7, 11) is 0. The summed E-state index contributed by atoms with van der Waals surface area (Å²) in [6.45, 7) is 14.3. The zero-order valence-corrected chi connectivity index (χ0v) is 21.5. The van der Waals surface area contributed by atoms with E-state index in [1.54, 1.807) is 0 Å².